The van der Waals surface area contributed by atoms with Crippen LogP contribution in [0.1, 0.15) is 21.0 Å². The summed E-state index contributed by atoms with van der Waals surface area (Å²) in [5.74, 6) is -0.972. The van der Waals surface area contributed by atoms with Crippen LogP contribution in [-0.2, 0) is 0 Å². The minimum atomic E-state index is -0.416. The summed E-state index contributed by atoms with van der Waals surface area (Å²) in [6.45, 7) is 0. The minimum Gasteiger partial charge on any atom is -0.459 e. The molecule has 29 heavy (non-hydrogen) atoms. The highest BCUT2D eigenvalue weighted by molar-refractivity contribution is 6.04. The number of halogens is 1. The molecular formula is C21H15FN4O3. The van der Waals surface area contributed by atoms with Gasteiger partial charge in [-0.2, -0.15) is 5.10 Å². The number of benzene rings is 2. The van der Waals surface area contributed by atoms with Crippen LogP contribution < -0.4 is 10.6 Å². The fourth-order valence-corrected chi connectivity index (χ4v) is 2.65. The third-order valence-electron chi connectivity index (χ3n) is 4.04. The molecule has 7 nitrogen and oxygen atoms in total. The lowest BCUT2D eigenvalue weighted by Crippen LogP contribution is -2.14. The summed E-state index contributed by atoms with van der Waals surface area (Å²) in [5.41, 5.74) is 1.82. The lowest BCUT2D eigenvalue weighted by atomic mass is 10.2. The molecule has 0 radical (unpaired) electrons. The zero-order valence-corrected chi connectivity index (χ0v) is 15.0. The fraction of sp³-hybridized carbons (Fsp3) is 0. The van der Waals surface area contributed by atoms with E-state index in [1.807, 2.05) is 0 Å². The molecule has 4 rings (SSSR count). The summed E-state index contributed by atoms with van der Waals surface area (Å²) < 4.78 is 19.6. The van der Waals surface area contributed by atoms with Crippen LogP contribution in [0, 0.1) is 5.82 Å². The maximum Gasteiger partial charge on any atom is 0.291 e. The largest absolute Gasteiger partial charge is 0.459 e. The van der Waals surface area contributed by atoms with Gasteiger partial charge in [-0.1, -0.05) is 6.07 Å². The minimum absolute atomic E-state index is 0.186. The zero-order chi connectivity index (χ0) is 20.2. The number of hydrogen-bond acceptors (Lipinski definition) is 4. The molecule has 0 aliphatic carbocycles. The second-order valence-electron chi connectivity index (χ2n) is 6.09. The van der Waals surface area contributed by atoms with Gasteiger partial charge in [0.15, 0.2) is 11.5 Å². The van der Waals surface area contributed by atoms with Crippen molar-refractivity contribution >= 4 is 23.2 Å². The molecular weight excluding hydrogens is 375 g/mol. The van der Waals surface area contributed by atoms with Crippen molar-refractivity contribution in [1.82, 2.24) is 9.78 Å². The highest BCUT2D eigenvalue weighted by Crippen LogP contribution is 2.17. The summed E-state index contributed by atoms with van der Waals surface area (Å²) >= 11 is 0. The average molecular weight is 390 g/mol. The van der Waals surface area contributed by atoms with E-state index in [-0.39, 0.29) is 17.3 Å². The Bertz CT molecular complexity index is 1150. The third-order valence-corrected chi connectivity index (χ3v) is 4.04. The maximum atomic E-state index is 13.0. The number of furan rings is 1. The lowest BCUT2D eigenvalue weighted by molar-refractivity contribution is 0.0994. The molecule has 8 heteroatoms. The van der Waals surface area contributed by atoms with Gasteiger partial charge in [-0.15, -0.1) is 0 Å². The number of carbonyl (C=O) groups excluding carboxylic acids is 2. The predicted octanol–water partition coefficient (Wildman–Crippen LogP) is 4.11. The SMILES string of the molecule is O=C(Nc1cccc(NC(=O)c2ccco2)c1)c1ccn(-c2ccc(F)cc2)n1. The number of nitrogens with zero attached hydrogens (tertiary/aromatic N) is 2. The second kappa shape index (κ2) is 7.81. The molecule has 0 atom stereocenters. The van der Waals surface area contributed by atoms with Crippen LogP contribution in [0.2, 0.25) is 0 Å². The van der Waals surface area contributed by atoms with Crippen molar-refractivity contribution in [3.63, 3.8) is 0 Å². The lowest BCUT2D eigenvalue weighted by Gasteiger charge is -2.07. The average Bonchev–Trinajstić information content (AvgIpc) is 3.41. The molecule has 0 saturated carbocycles. The van der Waals surface area contributed by atoms with Gasteiger partial charge in [0.1, 0.15) is 5.82 Å². The molecule has 0 fully saturated rings. The molecule has 2 aromatic heterocycles. The van der Waals surface area contributed by atoms with Gasteiger partial charge in [-0.3, -0.25) is 9.59 Å². The fourth-order valence-electron chi connectivity index (χ4n) is 2.65. The van der Waals surface area contributed by atoms with Gasteiger partial charge in [-0.05, 0) is 60.7 Å². The Kier molecular flexibility index (Phi) is 4.90. The van der Waals surface area contributed by atoms with Crippen molar-refractivity contribution in [3.8, 4) is 5.69 Å². The van der Waals surface area contributed by atoms with E-state index in [2.05, 4.69) is 15.7 Å². The first-order valence-corrected chi connectivity index (χ1v) is 8.66. The van der Waals surface area contributed by atoms with Crippen LogP contribution in [0.25, 0.3) is 5.69 Å². The normalized spacial score (nSPS) is 10.5. The first kappa shape index (κ1) is 18.2. The van der Waals surface area contributed by atoms with E-state index in [1.165, 1.54) is 23.1 Å². The molecule has 144 valence electrons. The zero-order valence-electron chi connectivity index (χ0n) is 15.0. The van der Waals surface area contributed by atoms with Gasteiger partial charge in [-0.25, -0.2) is 9.07 Å². The molecule has 0 bridgehead atoms. The molecule has 2 aromatic carbocycles. The van der Waals surface area contributed by atoms with E-state index in [4.69, 9.17) is 4.42 Å². The van der Waals surface area contributed by atoms with Gasteiger partial charge in [0.2, 0.25) is 0 Å². The first-order chi connectivity index (χ1) is 14.1. The Balaban J connectivity index is 1.45. The number of nitrogens with one attached hydrogen (secondary N) is 2. The number of rotatable bonds is 5. The van der Waals surface area contributed by atoms with Crippen molar-refractivity contribution in [2.24, 2.45) is 0 Å². The highest BCUT2D eigenvalue weighted by Gasteiger charge is 2.12. The summed E-state index contributed by atoms with van der Waals surface area (Å²) in [6.07, 6.45) is 3.03. The molecule has 2 N–H and O–H groups in total. The maximum absolute atomic E-state index is 13.0. The summed E-state index contributed by atoms with van der Waals surface area (Å²) in [6, 6.07) is 17.2. The smallest absolute Gasteiger partial charge is 0.291 e. The first-order valence-electron chi connectivity index (χ1n) is 8.66. The number of hydrogen-bond donors (Lipinski definition) is 2. The van der Waals surface area contributed by atoms with Gasteiger partial charge >= 0.3 is 0 Å². The van der Waals surface area contributed by atoms with Gasteiger partial charge < -0.3 is 15.1 Å². The Labute approximate surface area is 164 Å². The number of anilines is 2. The quantitative estimate of drug-likeness (QED) is 0.537. The number of carbonyl (C=O) groups is 2. The predicted molar refractivity (Wildman–Crippen MR) is 105 cm³/mol. The molecule has 4 aromatic rings. The van der Waals surface area contributed by atoms with Crippen molar-refractivity contribution < 1.29 is 18.4 Å². The van der Waals surface area contributed by atoms with E-state index in [0.717, 1.165) is 0 Å². The van der Waals surface area contributed by atoms with Crippen LogP contribution in [0.4, 0.5) is 15.8 Å². The standard InChI is InChI=1S/C21H15FN4O3/c22-14-6-8-17(9-7-14)26-11-10-18(25-26)20(27)23-15-3-1-4-16(13-15)24-21(28)19-5-2-12-29-19/h1-13H,(H,23,27)(H,24,28). The molecule has 2 heterocycles. The van der Waals surface area contributed by atoms with Gasteiger partial charge in [0, 0.05) is 17.6 Å². The summed E-state index contributed by atoms with van der Waals surface area (Å²) in [7, 11) is 0. The van der Waals surface area contributed by atoms with Crippen molar-refractivity contribution in [3.05, 3.63) is 96.5 Å². The molecule has 0 aliphatic heterocycles. The van der Waals surface area contributed by atoms with E-state index in [0.29, 0.717) is 17.1 Å². The topological polar surface area (TPSA) is 89.2 Å². The van der Waals surface area contributed by atoms with Gasteiger partial charge in [0.05, 0.1) is 12.0 Å². The van der Waals surface area contributed by atoms with Crippen molar-refractivity contribution in [2.75, 3.05) is 10.6 Å². The van der Waals surface area contributed by atoms with E-state index in [9.17, 15) is 14.0 Å². The Morgan fingerprint density at radius 1 is 0.897 bits per heavy atom. The second-order valence-corrected chi connectivity index (χ2v) is 6.09. The molecule has 0 unspecified atom stereocenters. The molecule has 0 saturated heterocycles. The molecule has 2 amide bonds. The molecule has 0 spiro atoms. The Morgan fingerprint density at radius 2 is 1.62 bits per heavy atom. The Morgan fingerprint density at radius 3 is 2.31 bits per heavy atom. The molecule has 0 aliphatic rings. The van der Waals surface area contributed by atoms with Crippen LogP contribution in [0.3, 0.4) is 0 Å². The van der Waals surface area contributed by atoms with Crippen LogP contribution in [-0.4, -0.2) is 21.6 Å². The number of aromatic nitrogens is 2. The van der Waals surface area contributed by atoms with Crippen LogP contribution in [0.5, 0.6) is 0 Å². The summed E-state index contributed by atoms with van der Waals surface area (Å²) in [5, 5.41) is 9.64. The Hall–Kier alpha value is -4.20. The monoisotopic (exact) mass is 390 g/mol. The highest BCUT2D eigenvalue weighted by atomic mass is 19.1. The van der Waals surface area contributed by atoms with Crippen molar-refractivity contribution in [2.45, 2.75) is 0 Å². The van der Waals surface area contributed by atoms with Crippen LogP contribution in [0.15, 0.2) is 83.6 Å². The van der Waals surface area contributed by atoms with E-state index >= 15 is 0 Å². The third kappa shape index (κ3) is 4.22. The van der Waals surface area contributed by atoms with Gasteiger partial charge in [0.25, 0.3) is 11.8 Å². The van der Waals surface area contributed by atoms with Crippen molar-refractivity contribution in [1.29, 1.82) is 0 Å². The summed E-state index contributed by atoms with van der Waals surface area (Å²) in [4.78, 5) is 24.5. The van der Waals surface area contributed by atoms with E-state index in [1.54, 1.807) is 60.8 Å². The van der Waals surface area contributed by atoms with E-state index < -0.39 is 11.8 Å². The van der Waals surface area contributed by atoms with Crippen LogP contribution >= 0.6 is 0 Å². The number of amides is 2.